The molecule has 0 aliphatic heterocycles. The van der Waals surface area contributed by atoms with Crippen molar-refractivity contribution in [2.75, 3.05) is 0 Å². The third kappa shape index (κ3) is 3.28. The fourth-order valence-corrected chi connectivity index (χ4v) is 1.42. The van der Waals surface area contributed by atoms with E-state index >= 15 is 0 Å². The molecule has 1 aromatic carbocycles. The molecule has 0 saturated heterocycles. The third-order valence-electron chi connectivity index (χ3n) is 1.62. The number of hydrogen-bond donors (Lipinski definition) is 3. The van der Waals surface area contributed by atoms with E-state index in [1.54, 1.807) is 0 Å². The van der Waals surface area contributed by atoms with Crippen LogP contribution in [0.2, 0.25) is 0 Å². The van der Waals surface area contributed by atoms with Crippen LogP contribution < -0.4 is 4.52 Å². The first kappa shape index (κ1) is 12.6. The van der Waals surface area contributed by atoms with Crippen LogP contribution in [0, 0.1) is 10.1 Å². The second-order valence-corrected chi connectivity index (χ2v) is 3.96. The zero-order chi connectivity index (χ0) is 12.3. The predicted molar refractivity (Wildman–Crippen MR) is 51.7 cm³/mol. The van der Waals surface area contributed by atoms with Gasteiger partial charge in [0.15, 0.2) is 0 Å². The number of aliphatic hydroxyl groups excluding tert-OH is 1. The van der Waals surface area contributed by atoms with E-state index in [4.69, 9.17) is 14.9 Å². The molecular formula is C7H8NO7P. The van der Waals surface area contributed by atoms with Crippen molar-refractivity contribution in [3.63, 3.8) is 0 Å². The molecule has 0 heterocycles. The molecule has 16 heavy (non-hydrogen) atoms. The Kier molecular flexibility index (Phi) is 3.61. The van der Waals surface area contributed by atoms with Gasteiger partial charge in [-0.05, 0) is 11.6 Å². The number of nitro benzene ring substituents is 1. The van der Waals surface area contributed by atoms with Crippen molar-refractivity contribution in [2.24, 2.45) is 0 Å². The van der Waals surface area contributed by atoms with Gasteiger partial charge in [-0.25, -0.2) is 4.57 Å². The highest BCUT2D eigenvalue weighted by molar-refractivity contribution is 7.46. The molecule has 0 atom stereocenters. The Labute approximate surface area is 89.5 Å². The van der Waals surface area contributed by atoms with Gasteiger partial charge in [0.05, 0.1) is 11.5 Å². The summed E-state index contributed by atoms with van der Waals surface area (Å²) >= 11 is 0. The van der Waals surface area contributed by atoms with Gasteiger partial charge in [-0.15, -0.1) is 0 Å². The summed E-state index contributed by atoms with van der Waals surface area (Å²) in [7, 11) is -4.84. The molecule has 1 rings (SSSR count). The van der Waals surface area contributed by atoms with Gasteiger partial charge in [0.25, 0.3) is 0 Å². The van der Waals surface area contributed by atoms with Crippen LogP contribution in [-0.2, 0) is 11.2 Å². The summed E-state index contributed by atoms with van der Waals surface area (Å²) < 4.78 is 14.7. The number of rotatable bonds is 4. The summed E-state index contributed by atoms with van der Waals surface area (Å²) in [6.45, 7) is -0.420. The van der Waals surface area contributed by atoms with Crippen LogP contribution in [0.5, 0.6) is 5.75 Å². The molecule has 0 aromatic heterocycles. The van der Waals surface area contributed by atoms with E-state index in [-0.39, 0.29) is 5.56 Å². The lowest BCUT2D eigenvalue weighted by Crippen LogP contribution is -1.97. The highest BCUT2D eigenvalue weighted by Crippen LogP contribution is 2.41. The number of phosphoric ester groups is 1. The molecule has 3 N–H and O–H groups in total. The van der Waals surface area contributed by atoms with Crippen molar-refractivity contribution in [3.05, 3.63) is 33.9 Å². The molecule has 0 aliphatic rings. The summed E-state index contributed by atoms with van der Waals surface area (Å²) in [4.78, 5) is 26.8. The third-order valence-corrected chi connectivity index (χ3v) is 2.05. The summed E-state index contributed by atoms with van der Waals surface area (Å²) in [5.74, 6) is -0.546. The van der Waals surface area contributed by atoms with Gasteiger partial charge >= 0.3 is 13.5 Å². The zero-order valence-electron chi connectivity index (χ0n) is 7.81. The van der Waals surface area contributed by atoms with Crippen LogP contribution in [0.3, 0.4) is 0 Å². The van der Waals surface area contributed by atoms with Gasteiger partial charge in [0.2, 0.25) is 5.75 Å². The predicted octanol–water partition coefficient (Wildman–Crippen LogP) is 0.559. The molecule has 8 nitrogen and oxygen atoms in total. The maximum Gasteiger partial charge on any atom is 0.525 e. The number of aliphatic hydroxyl groups is 1. The molecule has 0 fully saturated rings. The van der Waals surface area contributed by atoms with Crippen molar-refractivity contribution in [1.82, 2.24) is 0 Å². The Hall–Kier alpha value is -1.47. The Bertz CT molecular complexity index is 454. The molecule has 9 heteroatoms. The van der Waals surface area contributed by atoms with Crippen LogP contribution in [0.25, 0.3) is 0 Å². The number of nitro groups is 1. The maximum atomic E-state index is 10.6. The van der Waals surface area contributed by atoms with Gasteiger partial charge in [0, 0.05) is 6.07 Å². The zero-order valence-corrected chi connectivity index (χ0v) is 8.70. The Morgan fingerprint density at radius 3 is 2.50 bits per heavy atom. The highest BCUT2D eigenvalue weighted by Gasteiger charge is 2.23. The fourth-order valence-electron chi connectivity index (χ4n) is 1.01. The van der Waals surface area contributed by atoms with Crippen LogP contribution in [0.15, 0.2) is 18.2 Å². The molecule has 0 amide bonds. The minimum Gasteiger partial charge on any atom is -0.397 e. The first-order valence-electron chi connectivity index (χ1n) is 3.97. The molecule has 0 spiro atoms. The van der Waals surface area contributed by atoms with Crippen LogP contribution in [0.4, 0.5) is 5.69 Å². The second kappa shape index (κ2) is 4.58. The second-order valence-electron chi connectivity index (χ2n) is 2.80. The van der Waals surface area contributed by atoms with Gasteiger partial charge in [-0.1, -0.05) is 6.07 Å². The largest absolute Gasteiger partial charge is 0.525 e. The molecule has 88 valence electrons. The molecule has 0 aliphatic carbocycles. The standard InChI is InChI=1S/C7H8NO7P/c9-4-5-1-2-7(15-16(12,13)14)6(3-5)8(10)11/h1-3,9H,4H2,(H2,12,13,14). The minimum absolute atomic E-state index is 0.241. The van der Waals surface area contributed by atoms with Crippen LogP contribution in [0.1, 0.15) is 5.56 Å². The van der Waals surface area contributed by atoms with Crippen molar-refractivity contribution >= 4 is 13.5 Å². The van der Waals surface area contributed by atoms with Crippen molar-refractivity contribution < 1.29 is 28.9 Å². The van der Waals surface area contributed by atoms with Crippen molar-refractivity contribution in [3.8, 4) is 5.75 Å². The fraction of sp³-hybridized carbons (Fsp3) is 0.143. The van der Waals surface area contributed by atoms with E-state index < -0.39 is 30.8 Å². The normalized spacial score (nSPS) is 11.2. The topological polar surface area (TPSA) is 130 Å². The quantitative estimate of drug-likeness (QED) is 0.403. The van der Waals surface area contributed by atoms with E-state index in [1.807, 2.05) is 0 Å². The highest BCUT2D eigenvalue weighted by atomic mass is 31.2. The summed E-state index contributed by atoms with van der Waals surface area (Å²) in [6, 6.07) is 3.26. The van der Waals surface area contributed by atoms with Gasteiger partial charge in [-0.2, -0.15) is 0 Å². The van der Waals surface area contributed by atoms with Crippen molar-refractivity contribution in [1.29, 1.82) is 0 Å². The van der Waals surface area contributed by atoms with E-state index in [1.165, 1.54) is 6.07 Å². The molecule has 0 unspecified atom stereocenters. The molecule has 0 bridgehead atoms. The van der Waals surface area contributed by atoms with E-state index in [0.29, 0.717) is 0 Å². The number of benzene rings is 1. The molecule has 0 radical (unpaired) electrons. The van der Waals surface area contributed by atoms with Crippen LogP contribution in [-0.4, -0.2) is 19.8 Å². The number of hydrogen-bond acceptors (Lipinski definition) is 5. The summed E-state index contributed by atoms with van der Waals surface area (Å²) in [6.07, 6.45) is 0. The lowest BCUT2D eigenvalue weighted by atomic mass is 10.2. The number of nitrogens with zero attached hydrogens (tertiary/aromatic N) is 1. The Morgan fingerprint density at radius 2 is 2.06 bits per heavy atom. The first-order valence-corrected chi connectivity index (χ1v) is 5.50. The number of phosphoric acid groups is 1. The lowest BCUT2D eigenvalue weighted by molar-refractivity contribution is -0.385. The molecule has 1 aromatic rings. The summed E-state index contributed by atoms with van der Waals surface area (Å²) in [5, 5.41) is 19.3. The average Bonchev–Trinajstić information content (AvgIpc) is 2.15. The minimum atomic E-state index is -4.84. The Balaban J connectivity index is 3.18. The first-order chi connectivity index (χ1) is 7.33. The Morgan fingerprint density at radius 1 is 1.44 bits per heavy atom. The van der Waals surface area contributed by atoms with Crippen LogP contribution >= 0.6 is 7.82 Å². The smallest absolute Gasteiger partial charge is 0.397 e. The van der Waals surface area contributed by atoms with Gasteiger partial charge in [-0.3, -0.25) is 19.9 Å². The van der Waals surface area contributed by atoms with Crippen molar-refractivity contribution in [2.45, 2.75) is 6.61 Å². The average molecular weight is 249 g/mol. The maximum absolute atomic E-state index is 10.6. The molecule has 0 saturated carbocycles. The van der Waals surface area contributed by atoms with Gasteiger partial charge in [0.1, 0.15) is 0 Å². The SMILES string of the molecule is O=[N+]([O-])c1cc(CO)ccc1OP(=O)(O)O. The van der Waals surface area contributed by atoms with E-state index in [9.17, 15) is 14.7 Å². The monoisotopic (exact) mass is 249 g/mol. The lowest BCUT2D eigenvalue weighted by Gasteiger charge is -2.07. The summed E-state index contributed by atoms with van der Waals surface area (Å²) in [5.41, 5.74) is -0.375. The van der Waals surface area contributed by atoms with E-state index in [0.717, 1.165) is 12.1 Å². The van der Waals surface area contributed by atoms with Gasteiger partial charge < -0.3 is 9.63 Å². The van der Waals surface area contributed by atoms with E-state index in [2.05, 4.69) is 4.52 Å². The molecular weight excluding hydrogens is 241 g/mol.